The van der Waals surface area contributed by atoms with E-state index in [1.54, 1.807) is 5.01 Å². The number of carbonyl (C=O) groups excluding carboxylic acids is 1. The molecular formula is C10H8Br2ClN3O. The van der Waals surface area contributed by atoms with Gasteiger partial charge in [-0.15, -0.1) is 0 Å². The Morgan fingerprint density at radius 2 is 2.24 bits per heavy atom. The van der Waals surface area contributed by atoms with Crippen LogP contribution in [-0.2, 0) is 11.3 Å². The Labute approximate surface area is 120 Å². The molecule has 1 aromatic rings. The molecule has 1 aliphatic rings. The van der Waals surface area contributed by atoms with E-state index in [0.717, 1.165) is 14.5 Å². The minimum Gasteiger partial charge on any atom is -0.317 e. The monoisotopic (exact) mass is 379 g/mol. The zero-order chi connectivity index (χ0) is 12.4. The first kappa shape index (κ1) is 12.9. The van der Waals surface area contributed by atoms with Gasteiger partial charge in [0.1, 0.15) is 6.21 Å². The van der Waals surface area contributed by atoms with Crippen molar-refractivity contribution in [3.8, 4) is 0 Å². The van der Waals surface area contributed by atoms with Crippen LogP contribution in [0.5, 0.6) is 0 Å². The highest BCUT2D eigenvalue weighted by Gasteiger charge is 2.20. The molecule has 0 radical (unpaired) electrons. The highest BCUT2D eigenvalue weighted by Crippen LogP contribution is 2.24. The molecule has 0 fully saturated rings. The third kappa shape index (κ3) is 3.20. The van der Waals surface area contributed by atoms with Gasteiger partial charge in [-0.25, -0.2) is 0 Å². The number of amides is 1. The Kier molecular flexibility index (Phi) is 4.06. The molecule has 1 heterocycles. The highest BCUT2D eigenvalue weighted by atomic mass is 79.9. The second kappa shape index (κ2) is 5.37. The van der Waals surface area contributed by atoms with Crippen molar-refractivity contribution in [1.82, 2.24) is 10.3 Å². The minimum absolute atomic E-state index is 0.281. The van der Waals surface area contributed by atoms with E-state index in [-0.39, 0.29) is 5.91 Å². The Morgan fingerprint density at radius 3 is 2.88 bits per heavy atom. The summed E-state index contributed by atoms with van der Waals surface area (Å²) in [5.74, 6) is -0.281. The van der Waals surface area contributed by atoms with Crippen LogP contribution in [-0.4, -0.2) is 22.8 Å². The third-order valence-electron chi connectivity index (χ3n) is 2.19. The second-order valence-electron chi connectivity index (χ2n) is 3.42. The van der Waals surface area contributed by atoms with Crippen LogP contribution in [0.2, 0.25) is 0 Å². The first-order chi connectivity index (χ1) is 8.06. The number of nitrogens with one attached hydrogen (secondary N) is 1. The van der Waals surface area contributed by atoms with Gasteiger partial charge in [0.05, 0.1) is 6.54 Å². The zero-order valence-electron chi connectivity index (χ0n) is 8.53. The van der Waals surface area contributed by atoms with Crippen LogP contribution in [0.1, 0.15) is 5.56 Å². The van der Waals surface area contributed by atoms with Crippen LogP contribution in [0, 0.1) is 0 Å². The largest absolute Gasteiger partial charge is 0.317 e. The molecule has 4 nitrogen and oxygen atoms in total. The Bertz CT molecular complexity index is 481. The van der Waals surface area contributed by atoms with Crippen molar-refractivity contribution in [3.05, 3.63) is 32.7 Å². The van der Waals surface area contributed by atoms with Crippen molar-refractivity contribution in [2.75, 3.05) is 0 Å². The van der Waals surface area contributed by atoms with Gasteiger partial charge in [0, 0.05) is 8.95 Å². The lowest BCUT2D eigenvalue weighted by Crippen LogP contribution is -2.46. The Balaban J connectivity index is 2.15. The molecule has 2 rings (SSSR count). The molecule has 1 N–H and O–H groups in total. The summed E-state index contributed by atoms with van der Waals surface area (Å²) in [6, 6.07) is 5.85. The van der Waals surface area contributed by atoms with Crippen molar-refractivity contribution in [2.45, 2.75) is 12.2 Å². The molecule has 1 atom stereocenters. The number of hydrazone groups is 1. The van der Waals surface area contributed by atoms with E-state index < -0.39 is 5.62 Å². The summed E-state index contributed by atoms with van der Waals surface area (Å²) in [7, 11) is 0. The molecule has 0 bridgehead atoms. The van der Waals surface area contributed by atoms with Crippen molar-refractivity contribution >= 4 is 55.6 Å². The Hall–Kier alpha value is -0.590. The molecule has 90 valence electrons. The second-order valence-corrected chi connectivity index (χ2v) is 5.61. The molecule has 1 aromatic carbocycles. The molecule has 1 amide bonds. The number of carbonyl (C=O) groups is 1. The summed E-state index contributed by atoms with van der Waals surface area (Å²) in [4.78, 5) is 11.0. The van der Waals surface area contributed by atoms with Gasteiger partial charge in [-0.3, -0.25) is 9.80 Å². The summed E-state index contributed by atoms with van der Waals surface area (Å²) in [6.07, 6.45) is 1.21. The lowest BCUT2D eigenvalue weighted by molar-refractivity contribution is -0.116. The van der Waals surface area contributed by atoms with E-state index in [4.69, 9.17) is 11.6 Å². The first-order valence-electron chi connectivity index (χ1n) is 4.75. The quantitative estimate of drug-likeness (QED) is 0.632. The molecule has 0 aromatic heterocycles. The molecule has 0 saturated heterocycles. The van der Waals surface area contributed by atoms with Crippen molar-refractivity contribution in [2.24, 2.45) is 5.10 Å². The number of halogens is 3. The lowest BCUT2D eigenvalue weighted by atomic mass is 10.2. The van der Waals surface area contributed by atoms with Gasteiger partial charge >= 0.3 is 0 Å². The number of hydrogen-bond donors (Lipinski definition) is 1. The van der Waals surface area contributed by atoms with E-state index in [1.165, 1.54) is 6.21 Å². The standard InChI is InChI=1S/C10H8Br2ClN3O/c11-7-2-1-6(8(12)3-7)5-16-10(13)15-9(17)4-14-16/h1-4,10H,5H2,(H,15,17). The zero-order valence-corrected chi connectivity index (χ0v) is 12.5. The van der Waals surface area contributed by atoms with Gasteiger partial charge in [-0.1, -0.05) is 49.5 Å². The smallest absolute Gasteiger partial charge is 0.266 e. The number of hydrogen-bond acceptors (Lipinski definition) is 3. The predicted molar refractivity (Wildman–Crippen MR) is 73.7 cm³/mol. The fourth-order valence-electron chi connectivity index (χ4n) is 1.36. The minimum atomic E-state index is -0.622. The number of rotatable bonds is 2. The topological polar surface area (TPSA) is 44.7 Å². The van der Waals surface area contributed by atoms with Gasteiger partial charge in [-0.2, -0.15) is 5.10 Å². The number of alkyl halides is 1. The molecule has 0 spiro atoms. The van der Waals surface area contributed by atoms with Gasteiger partial charge in [0.2, 0.25) is 0 Å². The van der Waals surface area contributed by atoms with Crippen LogP contribution in [0.25, 0.3) is 0 Å². The molecular weight excluding hydrogens is 373 g/mol. The van der Waals surface area contributed by atoms with Crippen molar-refractivity contribution < 1.29 is 4.79 Å². The number of nitrogens with zero attached hydrogens (tertiary/aromatic N) is 2. The first-order valence-corrected chi connectivity index (χ1v) is 6.77. The van der Waals surface area contributed by atoms with E-state index in [2.05, 4.69) is 42.3 Å². The van der Waals surface area contributed by atoms with E-state index in [1.807, 2.05) is 18.2 Å². The SMILES string of the molecule is O=C1C=NN(Cc2ccc(Br)cc2Br)C(Cl)N1. The average Bonchev–Trinajstić information content (AvgIpc) is 2.25. The fourth-order valence-corrected chi connectivity index (χ4v) is 2.76. The predicted octanol–water partition coefficient (Wildman–Crippen LogP) is 2.65. The van der Waals surface area contributed by atoms with E-state index >= 15 is 0 Å². The van der Waals surface area contributed by atoms with Gasteiger partial charge in [0.25, 0.3) is 5.91 Å². The highest BCUT2D eigenvalue weighted by molar-refractivity contribution is 9.11. The van der Waals surface area contributed by atoms with Crippen LogP contribution in [0.3, 0.4) is 0 Å². The summed E-state index contributed by atoms with van der Waals surface area (Å²) < 4.78 is 1.95. The van der Waals surface area contributed by atoms with Gasteiger partial charge in [0.15, 0.2) is 5.62 Å². The average molecular weight is 381 g/mol. The Morgan fingerprint density at radius 1 is 1.47 bits per heavy atom. The molecule has 17 heavy (non-hydrogen) atoms. The van der Waals surface area contributed by atoms with Crippen LogP contribution < -0.4 is 5.32 Å². The summed E-state index contributed by atoms with van der Waals surface area (Å²) in [5.41, 5.74) is 0.412. The van der Waals surface area contributed by atoms with Crippen LogP contribution in [0.4, 0.5) is 0 Å². The maximum atomic E-state index is 11.0. The van der Waals surface area contributed by atoms with E-state index in [9.17, 15) is 4.79 Å². The van der Waals surface area contributed by atoms with Crippen LogP contribution >= 0.6 is 43.5 Å². The molecule has 1 unspecified atom stereocenters. The molecule has 0 saturated carbocycles. The molecule has 1 aliphatic heterocycles. The summed E-state index contributed by atoms with van der Waals surface area (Å²) in [5, 5.41) is 8.14. The lowest BCUT2D eigenvalue weighted by Gasteiger charge is -2.27. The van der Waals surface area contributed by atoms with Gasteiger partial charge in [-0.05, 0) is 17.7 Å². The fraction of sp³-hybridized carbons (Fsp3) is 0.200. The third-order valence-corrected chi connectivity index (χ3v) is 3.76. The maximum Gasteiger partial charge on any atom is 0.266 e. The van der Waals surface area contributed by atoms with Crippen molar-refractivity contribution in [3.63, 3.8) is 0 Å². The number of benzene rings is 1. The summed E-state index contributed by atoms with van der Waals surface area (Å²) in [6.45, 7) is 0.513. The van der Waals surface area contributed by atoms with Crippen LogP contribution in [0.15, 0.2) is 32.2 Å². The maximum absolute atomic E-state index is 11.0. The van der Waals surface area contributed by atoms with Crippen molar-refractivity contribution in [1.29, 1.82) is 0 Å². The van der Waals surface area contributed by atoms with E-state index in [0.29, 0.717) is 6.54 Å². The molecule has 7 heteroatoms. The molecule has 0 aliphatic carbocycles. The normalized spacial score (nSPS) is 19.4. The van der Waals surface area contributed by atoms with Gasteiger partial charge < -0.3 is 5.32 Å². The summed E-state index contributed by atoms with van der Waals surface area (Å²) >= 11 is 12.8.